The number of nitrogens with zero attached hydrogens (tertiary/aromatic N) is 3. The molecule has 0 aliphatic rings. The summed E-state index contributed by atoms with van der Waals surface area (Å²) >= 11 is 0. The molecular weight excluding hydrogens is 261 g/mol. The largest absolute Gasteiger partial charge is 0.461 e. The van der Waals surface area contributed by atoms with Crippen molar-refractivity contribution in [1.29, 1.82) is 0 Å². The van der Waals surface area contributed by atoms with Crippen LogP contribution in [-0.2, 0) is 4.74 Å². The summed E-state index contributed by atoms with van der Waals surface area (Å²) in [6.45, 7) is 3.94. The molecule has 0 radical (unpaired) electrons. The van der Waals surface area contributed by atoms with Gasteiger partial charge in [-0.05, 0) is 25.5 Å². The van der Waals surface area contributed by atoms with Crippen LogP contribution in [0, 0.1) is 5.95 Å². The Morgan fingerprint density at radius 3 is 2.90 bits per heavy atom. The molecule has 1 atom stereocenters. The van der Waals surface area contributed by atoms with Crippen molar-refractivity contribution in [2.24, 2.45) is 0 Å². The molecule has 0 aliphatic carbocycles. The van der Waals surface area contributed by atoms with Crippen molar-refractivity contribution < 1.29 is 13.9 Å². The summed E-state index contributed by atoms with van der Waals surface area (Å²) in [5.41, 5.74) is 0.547. The van der Waals surface area contributed by atoms with Crippen molar-refractivity contribution in [2.45, 2.75) is 26.3 Å². The molecule has 5 nitrogen and oxygen atoms in total. The van der Waals surface area contributed by atoms with E-state index in [-0.39, 0.29) is 18.3 Å². The summed E-state index contributed by atoms with van der Waals surface area (Å²) < 4.78 is 20.1. The average molecular weight is 277 g/mol. The molecule has 0 aliphatic heterocycles. The quantitative estimate of drug-likeness (QED) is 0.788. The smallest absolute Gasteiger partial charge is 0.359 e. The number of rotatable bonds is 5. The Balaban J connectivity index is 2.31. The second-order valence-electron chi connectivity index (χ2n) is 4.36. The minimum absolute atomic E-state index is 0.170. The fourth-order valence-corrected chi connectivity index (χ4v) is 1.85. The van der Waals surface area contributed by atoms with Crippen LogP contribution in [-0.4, -0.2) is 27.1 Å². The molecule has 0 N–H and O–H groups in total. The normalized spacial score (nSPS) is 12.2. The lowest BCUT2D eigenvalue weighted by Gasteiger charge is -2.15. The lowest BCUT2D eigenvalue weighted by molar-refractivity contribution is 0.0485. The maximum absolute atomic E-state index is 13.7. The topological polar surface area (TPSA) is 57.0 Å². The van der Waals surface area contributed by atoms with Crippen molar-refractivity contribution in [3.63, 3.8) is 0 Å². The number of esters is 1. The molecule has 2 aromatic rings. The Morgan fingerprint density at radius 1 is 1.45 bits per heavy atom. The first-order valence-electron chi connectivity index (χ1n) is 6.45. The van der Waals surface area contributed by atoms with E-state index in [4.69, 9.17) is 4.74 Å². The Kier molecular flexibility index (Phi) is 4.45. The molecule has 0 aromatic carbocycles. The first-order valence-corrected chi connectivity index (χ1v) is 6.45. The lowest BCUT2D eigenvalue weighted by Crippen LogP contribution is -2.17. The van der Waals surface area contributed by atoms with Gasteiger partial charge in [0, 0.05) is 6.20 Å². The third-order valence-corrected chi connectivity index (χ3v) is 2.91. The highest BCUT2D eigenvalue weighted by Crippen LogP contribution is 2.20. The molecule has 0 bridgehead atoms. The van der Waals surface area contributed by atoms with Crippen molar-refractivity contribution in [3.8, 4) is 0 Å². The van der Waals surface area contributed by atoms with Crippen LogP contribution >= 0.6 is 0 Å². The van der Waals surface area contributed by atoms with Gasteiger partial charge >= 0.3 is 5.97 Å². The van der Waals surface area contributed by atoms with Crippen LogP contribution in [0.25, 0.3) is 0 Å². The summed E-state index contributed by atoms with van der Waals surface area (Å²) in [6.07, 6.45) is 3.61. The van der Waals surface area contributed by atoms with Crippen LogP contribution < -0.4 is 0 Å². The number of ether oxygens (including phenoxy) is 1. The van der Waals surface area contributed by atoms with Gasteiger partial charge in [0.05, 0.1) is 24.7 Å². The third-order valence-electron chi connectivity index (χ3n) is 2.91. The van der Waals surface area contributed by atoms with Crippen molar-refractivity contribution >= 4 is 5.97 Å². The van der Waals surface area contributed by atoms with Crippen molar-refractivity contribution in [3.05, 3.63) is 48.1 Å². The molecule has 2 heterocycles. The summed E-state index contributed by atoms with van der Waals surface area (Å²) in [4.78, 5) is 19.7. The Bertz CT molecular complexity index is 583. The molecule has 0 spiro atoms. The minimum Gasteiger partial charge on any atom is -0.461 e. The van der Waals surface area contributed by atoms with Gasteiger partial charge in [0.15, 0.2) is 5.69 Å². The monoisotopic (exact) mass is 277 g/mol. The van der Waals surface area contributed by atoms with Gasteiger partial charge < -0.3 is 9.30 Å². The van der Waals surface area contributed by atoms with E-state index in [1.165, 1.54) is 10.9 Å². The minimum atomic E-state index is -0.825. The summed E-state index contributed by atoms with van der Waals surface area (Å²) in [5, 5.41) is 0. The molecule has 0 saturated carbocycles. The zero-order valence-electron chi connectivity index (χ0n) is 11.4. The predicted molar refractivity (Wildman–Crippen MR) is 70.8 cm³/mol. The number of carbonyl (C=O) groups is 1. The highest BCUT2D eigenvalue weighted by atomic mass is 19.1. The number of imidazole rings is 1. The Labute approximate surface area is 116 Å². The first kappa shape index (κ1) is 14.2. The standard InChI is InChI=1S/C14H16FN3O2/c1-3-8-20-14(19)12-13(15)17-9-18(12)10(2)11-6-4-5-7-16-11/h4-7,9-10H,3,8H2,1-2H3/t10-/m1/s1. The van der Waals surface area contributed by atoms with Gasteiger partial charge in [0.1, 0.15) is 0 Å². The van der Waals surface area contributed by atoms with Gasteiger partial charge in [-0.3, -0.25) is 4.98 Å². The predicted octanol–water partition coefficient (Wildman–Crippen LogP) is 2.59. The first-order chi connectivity index (χ1) is 9.65. The molecule has 6 heteroatoms. The highest BCUT2D eigenvalue weighted by molar-refractivity contribution is 5.87. The zero-order valence-corrected chi connectivity index (χ0v) is 11.4. The van der Waals surface area contributed by atoms with Gasteiger partial charge in [-0.15, -0.1) is 0 Å². The van der Waals surface area contributed by atoms with E-state index in [0.29, 0.717) is 6.42 Å². The average Bonchev–Trinajstić information content (AvgIpc) is 2.86. The zero-order chi connectivity index (χ0) is 14.5. The molecular formula is C14H16FN3O2. The molecule has 0 fully saturated rings. The molecule has 0 amide bonds. The van der Waals surface area contributed by atoms with Crippen molar-refractivity contribution in [1.82, 2.24) is 14.5 Å². The van der Waals surface area contributed by atoms with Crippen LogP contribution in [0.15, 0.2) is 30.7 Å². The van der Waals surface area contributed by atoms with Crippen molar-refractivity contribution in [2.75, 3.05) is 6.61 Å². The number of pyridine rings is 1. The lowest BCUT2D eigenvalue weighted by atomic mass is 10.2. The van der Waals surface area contributed by atoms with E-state index < -0.39 is 11.9 Å². The van der Waals surface area contributed by atoms with Gasteiger partial charge in [0.2, 0.25) is 5.95 Å². The SMILES string of the molecule is CCCOC(=O)c1c(F)ncn1[C@H](C)c1ccccn1. The van der Waals surface area contributed by atoms with E-state index in [0.717, 1.165) is 5.69 Å². The van der Waals surface area contributed by atoms with E-state index in [9.17, 15) is 9.18 Å². The van der Waals surface area contributed by atoms with Gasteiger partial charge in [-0.2, -0.15) is 4.39 Å². The number of halogens is 1. The van der Waals surface area contributed by atoms with E-state index in [2.05, 4.69) is 9.97 Å². The van der Waals surface area contributed by atoms with E-state index in [1.807, 2.05) is 26.0 Å². The molecule has 2 rings (SSSR count). The second kappa shape index (κ2) is 6.27. The molecule has 2 aromatic heterocycles. The van der Waals surface area contributed by atoms with E-state index in [1.54, 1.807) is 12.3 Å². The van der Waals surface area contributed by atoms with E-state index >= 15 is 0 Å². The summed E-state index contributed by atoms with van der Waals surface area (Å²) in [6, 6.07) is 5.13. The van der Waals surface area contributed by atoms with Gasteiger partial charge in [0.25, 0.3) is 0 Å². The number of aromatic nitrogens is 3. The molecule has 0 saturated heterocycles. The number of hydrogen-bond acceptors (Lipinski definition) is 4. The van der Waals surface area contributed by atoms with Gasteiger partial charge in [-0.25, -0.2) is 9.78 Å². The maximum atomic E-state index is 13.7. The molecule has 20 heavy (non-hydrogen) atoms. The van der Waals surface area contributed by atoms with Gasteiger partial charge in [-0.1, -0.05) is 13.0 Å². The Hall–Kier alpha value is -2.24. The van der Waals surface area contributed by atoms with Crippen LogP contribution in [0.4, 0.5) is 4.39 Å². The highest BCUT2D eigenvalue weighted by Gasteiger charge is 2.24. The van der Waals surface area contributed by atoms with Crippen LogP contribution in [0.5, 0.6) is 0 Å². The Morgan fingerprint density at radius 2 is 2.25 bits per heavy atom. The van der Waals surface area contributed by atoms with Crippen LogP contribution in [0.2, 0.25) is 0 Å². The summed E-state index contributed by atoms with van der Waals surface area (Å²) in [5.74, 6) is -1.53. The number of hydrogen-bond donors (Lipinski definition) is 0. The van der Waals surface area contributed by atoms with Crippen LogP contribution in [0.3, 0.4) is 0 Å². The maximum Gasteiger partial charge on any atom is 0.359 e. The third kappa shape index (κ3) is 2.84. The second-order valence-corrected chi connectivity index (χ2v) is 4.36. The molecule has 0 unspecified atom stereocenters. The fourth-order valence-electron chi connectivity index (χ4n) is 1.85. The molecule has 106 valence electrons. The summed E-state index contributed by atoms with van der Waals surface area (Å²) in [7, 11) is 0. The number of carbonyl (C=O) groups excluding carboxylic acids is 1. The van der Waals surface area contributed by atoms with Crippen LogP contribution in [0.1, 0.15) is 42.5 Å². The fraction of sp³-hybridized carbons (Fsp3) is 0.357.